The van der Waals surface area contributed by atoms with Gasteiger partial charge in [-0.25, -0.2) is 0 Å². The van der Waals surface area contributed by atoms with Gasteiger partial charge < -0.3 is 0 Å². The van der Waals surface area contributed by atoms with E-state index in [2.05, 4.69) is 0 Å². The second-order valence-corrected chi connectivity index (χ2v) is 0. The molecular formula is AgBiCuPbSn. The first-order valence-electron chi connectivity index (χ1n) is 0. The molecule has 0 aliphatic rings. The average Bonchev–Trinajstić information content (AvgIpc) is 0. The largest absolute Gasteiger partial charge is 0 e. The van der Waals surface area contributed by atoms with E-state index in [-0.39, 0.29) is 117 Å². The molecule has 0 aliphatic heterocycles. The quantitative estimate of drug-likeness (QED) is 0.280. The topological polar surface area (TPSA) is 0 Å². The maximum absolute atomic E-state index is 0. The fraction of sp³-hybridized carbons (Fsp3) is 0. The fourth-order valence-corrected chi connectivity index (χ4v) is 0. The van der Waals surface area contributed by atoms with Crippen molar-refractivity contribution >= 4 is 77.4 Å². The summed E-state index contributed by atoms with van der Waals surface area (Å²) in [5, 5.41) is 0. The molecule has 0 amide bonds. The third-order valence-corrected chi connectivity index (χ3v) is 0. The maximum atomic E-state index is 0. The summed E-state index contributed by atoms with van der Waals surface area (Å²) in [5.74, 6) is 0. The SMILES string of the molecule is [Ag].[Bi].[Cu].[Pb].[Sn]. The molecule has 0 rings (SSSR count). The van der Waals surface area contributed by atoms with Gasteiger partial charge >= 0.3 is 0 Å². The smallest absolute Gasteiger partial charge is 0 e. The second-order valence-electron chi connectivity index (χ2n) is 0. The van der Waals surface area contributed by atoms with Crippen molar-refractivity contribution < 1.29 is 39.4 Å². The van der Waals surface area contributed by atoms with Crippen LogP contribution < -0.4 is 0 Å². The van der Waals surface area contributed by atoms with Gasteiger partial charge in [0.05, 0.1) is 0 Å². The normalized spacial score (nSPS) is 0. The number of rotatable bonds is 0. The third-order valence-electron chi connectivity index (χ3n) is 0. The summed E-state index contributed by atoms with van der Waals surface area (Å²) in [5.41, 5.74) is 0. The van der Waals surface area contributed by atoms with Gasteiger partial charge in [0.1, 0.15) is 0 Å². The van der Waals surface area contributed by atoms with Crippen LogP contribution in [0.15, 0.2) is 0 Å². The van der Waals surface area contributed by atoms with Crippen molar-refractivity contribution in [1.82, 2.24) is 0 Å². The molecule has 0 saturated heterocycles. The second kappa shape index (κ2) is 24.8. The van der Waals surface area contributed by atoms with Crippen molar-refractivity contribution in [3.05, 3.63) is 0 Å². The van der Waals surface area contributed by atoms with Crippen LogP contribution in [0.4, 0.5) is 0 Å². The number of hydrogen-bond donors (Lipinski definition) is 0. The molecule has 0 nitrogen and oxygen atoms in total. The van der Waals surface area contributed by atoms with E-state index >= 15 is 0 Å². The van der Waals surface area contributed by atoms with Gasteiger partial charge in [0, 0.05) is 117 Å². The molecule has 0 bridgehead atoms. The van der Waals surface area contributed by atoms with Crippen LogP contribution in [0.3, 0.4) is 0 Å². The predicted octanol–water partition coefficient (Wildman–Crippen LogP) is -1.15. The summed E-state index contributed by atoms with van der Waals surface area (Å²) in [6.45, 7) is 0. The van der Waals surface area contributed by atoms with Gasteiger partial charge in [-0.2, -0.15) is 0 Å². The summed E-state index contributed by atoms with van der Waals surface area (Å²) in [7, 11) is 0. The molecule has 35 valence electrons. The van der Waals surface area contributed by atoms with Gasteiger partial charge in [-0.3, -0.25) is 0 Å². The van der Waals surface area contributed by atoms with Gasteiger partial charge in [0.15, 0.2) is 0 Å². The predicted molar refractivity (Wildman–Crippen MR) is 17.3 cm³/mol. The first-order chi connectivity index (χ1) is 0. The molecule has 0 aromatic rings. The molecule has 0 heterocycles. The van der Waals surface area contributed by atoms with E-state index in [1.807, 2.05) is 0 Å². The molecule has 0 N–H and O–H groups in total. The Labute approximate surface area is 114 Å². The molecular weight excluding hydrogens is 706 g/mol. The van der Waals surface area contributed by atoms with Gasteiger partial charge in [-0.1, -0.05) is 0 Å². The molecule has 5 heteroatoms. The molecule has 0 aliphatic carbocycles. The molecule has 0 fully saturated rings. The Bertz CT molecular complexity index is 11.6. The molecule has 0 saturated carbocycles. The summed E-state index contributed by atoms with van der Waals surface area (Å²) >= 11 is 0. The van der Waals surface area contributed by atoms with Crippen LogP contribution in [0.5, 0.6) is 0 Å². The Balaban J connectivity index is 0. The summed E-state index contributed by atoms with van der Waals surface area (Å²) < 4.78 is 0. The van der Waals surface area contributed by atoms with Crippen molar-refractivity contribution in [3.63, 3.8) is 0 Å². The summed E-state index contributed by atoms with van der Waals surface area (Å²) in [6, 6.07) is 0. The molecule has 0 aromatic carbocycles. The zero-order valence-corrected chi connectivity index (χ0v) is 14.7. The van der Waals surface area contributed by atoms with Crippen LogP contribution in [0.2, 0.25) is 0 Å². The van der Waals surface area contributed by atoms with Gasteiger partial charge in [-0.05, 0) is 0 Å². The third kappa shape index (κ3) is 18.1. The van der Waals surface area contributed by atoms with E-state index in [1.54, 1.807) is 0 Å². The van der Waals surface area contributed by atoms with Crippen molar-refractivity contribution in [2.45, 2.75) is 0 Å². The summed E-state index contributed by atoms with van der Waals surface area (Å²) in [6.07, 6.45) is 0. The zero-order chi connectivity index (χ0) is 0. The van der Waals surface area contributed by atoms with Crippen LogP contribution in [0.25, 0.3) is 0 Å². The van der Waals surface area contributed by atoms with Crippen LogP contribution in [-0.4, -0.2) is 77.4 Å². The molecule has 0 unspecified atom stereocenters. The average molecular weight is 706 g/mol. The first kappa shape index (κ1) is 36.7. The van der Waals surface area contributed by atoms with Crippen molar-refractivity contribution in [1.29, 1.82) is 0 Å². The minimum Gasteiger partial charge on any atom is 0 e. The van der Waals surface area contributed by atoms with Crippen LogP contribution >= 0.6 is 0 Å². The Morgan fingerprint density at radius 1 is 1.00 bits per heavy atom. The molecule has 0 atom stereocenters. The Morgan fingerprint density at radius 2 is 1.00 bits per heavy atom. The van der Waals surface area contributed by atoms with Crippen molar-refractivity contribution in [2.24, 2.45) is 0 Å². The number of hydrogen-bond acceptors (Lipinski definition) is 0. The van der Waals surface area contributed by atoms with Gasteiger partial charge in [0.25, 0.3) is 0 Å². The van der Waals surface area contributed by atoms with E-state index < -0.39 is 0 Å². The van der Waals surface area contributed by atoms with Gasteiger partial charge in [-0.15, -0.1) is 0 Å². The Kier molecular flexibility index (Phi) is 182. The Hall–Kier alpha value is 3.86. The summed E-state index contributed by atoms with van der Waals surface area (Å²) in [4.78, 5) is 0. The molecule has 13 radical (unpaired) electrons. The van der Waals surface area contributed by atoms with E-state index in [0.717, 1.165) is 0 Å². The van der Waals surface area contributed by atoms with E-state index in [1.165, 1.54) is 0 Å². The van der Waals surface area contributed by atoms with Crippen molar-refractivity contribution in [3.8, 4) is 0 Å². The van der Waals surface area contributed by atoms with E-state index in [0.29, 0.717) is 0 Å². The van der Waals surface area contributed by atoms with Crippen LogP contribution in [0, 0.1) is 0 Å². The molecule has 0 spiro atoms. The molecule has 0 aromatic heterocycles. The minimum absolute atomic E-state index is 0. The van der Waals surface area contributed by atoms with E-state index in [4.69, 9.17) is 0 Å². The van der Waals surface area contributed by atoms with Crippen LogP contribution in [0.1, 0.15) is 0 Å². The van der Waals surface area contributed by atoms with E-state index in [9.17, 15) is 0 Å². The first-order valence-corrected chi connectivity index (χ1v) is 0. The molecule has 5 heavy (non-hydrogen) atoms. The standard InChI is InChI=1S/Ag.Bi.Cu.Pb.Sn. The van der Waals surface area contributed by atoms with Crippen LogP contribution in [-0.2, 0) is 39.4 Å². The van der Waals surface area contributed by atoms with Crippen molar-refractivity contribution in [2.75, 3.05) is 0 Å². The fourth-order valence-electron chi connectivity index (χ4n) is 0. The minimum atomic E-state index is 0. The monoisotopic (exact) mass is 707 g/mol. The zero-order valence-electron chi connectivity index (χ0n) is 2.05. The Morgan fingerprint density at radius 3 is 1.00 bits per heavy atom. The maximum Gasteiger partial charge on any atom is 0 e. The van der Waals surface area contributed by atoms with Gasteiger partial charge in [0.2, 0.25) is 0 Å².